The van der Waals surface area contributed by atoms with Crippen LogP contribution in [0.25, 0.3) is 0 Å². The van der Waals surface area contributed by atoms with Crippen LogP contribution >= 0.6 is 0 Å². The summed E-state index contributed by atoms with van der Waals surface area (Å²) < 4.78 is 0. The van der Waals surface area contributed by atoms with E-state index in [1.54, 1.807) is 5.56 Å². The SMILES string of the molecule is Cc1c(C)c(C)c(C2(NC(C)C)CC2)c(C)c1C. The van der Waals surface area contributed by atoms with Crippen molar-refractivity contribution in [2.75, 3.05) is 0 Å². The standard InChI is InChI=1S/C17H27N/c1-10(2)18-17(8-9-17)16-14(6)12(4)11(3)13(5)15(16)7/h10,18H,8-9H2,1-7H3. The molecule has 0 aliphatic heterocycles. The molecule has 1 N–H and O–H groups in total. The molecule has 1 aromatic rings. The van der Waals surface area contributed by atoms with Crippen LogP contribution in [0, 0.1) is 34.6 Å². The van der Waals surface area contributed by atoms with Gasteiger partial charge in [0.15, 0.2) is 0 Å². The van der Waals surface area contributed by atoms with Crippen molar-refractivity contribution in [3.63, 3.8) is 0 Å². The number of benzene rings is 1. The molecule has 0 heterocycles. The second-order valence-corrected chi connectivity index (χ2v) is 6.38. The third-order valence-corrected chi connectivity index (χ3v) is 4.79. The third kappa shape index (κ3) is 1.99. The van der Waals surface area contributed by atoms with Gasteiger partial charge in [0, 0.05) is 11.6 Å². The highest BCUT2D eigenvalue weighted by molar-refractivity contribution is 5.54. The Morgan fingerprint density at radius 1 is 0.778 bits per heavy atom. The van der Waals surface area contributed by atoms with Crippen LogP contribution in [-0.2, 0) is 5.54 Å². The van der Waals surface area contributed by atoms with Crippen molar-refractivity contribution in [2.45, 2.75) is 72.9 Å². The normalized spacial score (nSPS) is 17.3. The van der Waals surface area contributed by atoms with E-state index < -0.39 is 0 Å². The highest BCUT2D eigenvalue weighted by Gasteiger charge is 2.46. The number of hydrogen-bond donors (Lipinski definition) is 1. The van der Waals surface area contributed by atoms with E-state index in [0.29, 0.717) is 6.04 Å². The van der Waals surface area contributed by atoms with Crippen molar-refractivity contribution in [3.8, 4) is 0 Å². The van der Waals surface area contributed by atoms with Crippen molar-refractivity contribution < 1.29 is 0 Å². The van der Waals surface area contributed by atoms with Gasteiger partial charge in [-0.3, -0.25) is 0 Å². The first kappa shape index (κ1) is 13.6. The molecule has 0 aromatic heterocycles. The summed E-state index contributed by atoms with van der Waals surface area (Å²) in [7, 11) is 0. The van der Waals surface area contributed by atoms with Gasteiger partial charge in [-0.1, -0.05) is 13.8 Å². The highest BCUT2D eigenvalue weighted by atomic mass is 15.0. The maximum atomic E-state index is 3.80. The van der Waals surface area contributed by atoms with Crippen LogP contribution in [0.15, 0.2) is 0 Å². The molecule has 1 saturated carbocycles. The molecule has 1 aliphatic carbocycles. The van der Waals surface area contributed by atoms with Crippen LogP contribution in [0.2, 0.25) is 0 Å². The zero-order valence-corrected chi connectivity index (χ0v) is 13.0. The van der Waals surface area contributed by atoms with Crippen LogP contribution in [0.3, 0.4) is 0 Å². The molecule has 1 aromatic carbocycles. The van der Waals surface area contributed by atoms with Crippen LogP contribution < -0.4 is 5.32 Å². The van der Waals surface area contributed by atoms with E-state index in [1.165, 1.54) is 40.7 Å². The molecule has 0 spiro atoms. The molecule has 0 radical (unpaired) electrons. The number of nitrogens with one attached hydrogen (secondary N) is 1. The van der Waals surface area contributed by atoms with Gasteiger partial charge in [0.1, 0.15) is 0 Å². The summed E-state index contributed by atoms with van der Waals surface area (Å²) in [5.41, 5.74) is 9.27. The molecule has 18 heavy (non-hydrogen) atoms. The first-order chi connectivity index (χ1) is 8.30. The molecule has 2 rings (SSSR count). The zero-order valence-electron chi connectivity index (χ0n) is 13.0. The Labute approximate surface area is 112 Å². The third-order valence-electron chi connectivity index (χ3n) is 4.79. The molecule has 100 valence electrons. The molecule has 0 amide bonds. The van der Waals surface area contributed by atoms with E-state index in [1.807, 2.05) is 0 Å². The van der Waals surface area contributed by atoms with Gasteiger partial charge in [0.05, 0.1) is 0 Å². The molecule has 1 fully saturated rings. The van der Waals surface area contributed by atoms with Crippen molar-refractivity contribution in [2.24, 2.45) is 0 Å². The molecule has 0 bridgehead atoms. The Morgan fingerprint density at radius 2 is 1.17 bits per heavy atom. The van der Waals surface area contributed by atoms with Crippen molar-refractivity contribution in [1.29, 1.82) is 0 Å². The van der Waals surface area contributed by atoms with Gasteiger partial charge in [0.25, 0.3) is 0 Å². The quantitative estimate of drug-likeness (QED) is 0.841. The Hall–Kier alpha value is -0.820. The van der Waals surface area contributed by atoms with E-state index in [4.69, 9.17) is 0 Å². The minimum Gasteiger partial charge on any atom is -0.305 e. The molecular formula is C17H27N. The summed E-state index contributed by atoms with van der Waals surface area (Å²) >= 11 is 0. The van der Waals surface area contributed by atoms with Crippen LogP contribution in [0.5, 0.6) is 0 Å². The van der Waals surface area contributed by atoms with Crippen molar-refractivity contribution >= 4 is 0 Å². The molecule has 1 heteroatoms. The first-order valence-electron chi connectivity index (χ1n) is 7.15. The van der Waals surface area contributed by atoms with E-state index in [2.05, 4.69) is 53.8 Å². The fourth-order valence-electron chi connectivity index (χ4n) is 3.36. The number of hydrogen-bond acceptors (Lipinski definition) is 1. The summed E-state index contributed by atoms with van der Waals surface area (Å²) in [5, 5.41) is 3.80. The monoisotopic (exact) mass is 245 g/mol. The summed E-state index contributed by atoms with van der Waals surface area (Å²) in [6, 6.07) is 0.549. The van der Waals surface area contributed by atoms with E-state index in [0.717, 1.165) is 0 Å². The van der Waals surface area contributed by atoms with Crippen LogP contribution in [0.4, 0.5) is 0 Å². The lowest BCUT2D eigenvalue weighted by molar-refractivity contribution is 0.457. The van der Waals surface area contributed by atoms with Gasteiger partial charge in [-0.25, -0.2) is 0 Å². The largest absolute Gasteiger partial charge is 0.305 e. The predicted molar refractivity (Wildman–Crippen MR) is 79.3 cm³/mol. The maximum absolute atomic E-state index is 3.80. The van der Waals surface area contributed by atoms with Crippen molar-refractivity contribution in [1.82, 2.24) is 5.32 Å². The lowest BCUT2D eigenvalue weighted by Crippen LogP contribution is -2.36. The van der Waals surface area contributed by atoms with Gasteiger partial charge in [-0.15, -0.1) is 0 Å². The highest BCUT2D eigenvalue weighted by Crippen LogP contribution is 2.49. The van der Waals surface area contributed by atoms with Gasteiger partial charge in [-0.05, 0) is 80.8 Å². The Balaban J connectivity index is 2.59. The topological polar surface area (TPSA) is 12.0 Å². The fourth-order valence-corrected chi connectivity index (χ4v) is 3.36. The second kappa shape index (κ2) is 4.38. The zero-order chi connectivity index (χ0) is 13.7. The van der Waals surface area contributed by atoms with Gasteiger partial charge in [-0.2, -0.15) is 0 Å². The molecule has 0 unspecified atom stereocenters. The lowest BCUT2D eigenvalue weighted by Gasteiger charge is -2.28. The molecule has 1 aliphatic rings. The minimum atomic E-state index is 0.269. The summed E-state index contributed by atoms with van der Waals surface area (Å²) in [4.78, 5) is 0. The van der Waals surface area contributed by atoms with E-state index in [9.17, 15) is 0 Å². The van der Waals surface area contributed by atoms with Gasteiger partial charge < -0.3 is 5.32 Å². The molecule has 0 saturated heterocycles. The average molecular weight is 245 g/mol. The summed E-state index contributed by atoms with van der Waals surface area (Å²) in [6.45, 7) is 15.9. The fraction of sp³-hybridized carbons (Fsp3) is 0.647. The van der Waals surface area contributed by atoms with Crippen LogP contribution in [0.1, 0.15) is 60.1 Å². The molecule has 0 atom stereocenters. The summed E-state index contributed by atoms with van der Waals surface area (Å²) in [6.07, 6.45) is 2.57. The Kier molecular flexibility index (Phi) is 3.31. The first-order valence-corrected chi connectivity index (χ1v) is 7.15. The van der Waals surface area contributed by atoms with E-state index >= 15 is 0 Å². The average Bonchev–Trinajstić information content (AvgIpc) is 3.03. The van der Waals surface area contributed by atoms with Crippen LogP contribution in [-0.4, -0.2) is 6.04 Å². The molecule has 1 nitrogen and oxygen atoms in total. The van der Waals surface area contributed by atoms with Gasteiger partial charge in [0.2, 0.25) is 0 Å². The Morgan fingerprint density at radius 3 is 1.50 bits per heavy atom. The lowest BCUT2D eigenvalue weighted by atomic mass is 9.85. The minimum absolute atomic E-state index is 0.269. The molecular weight excluding hydrogens is 218 g/mol. The Bertz CT molecular complexity index is 450. The smallest absolute Gasteiger partial charge is 0.0443 e. The van der Waals surface area contributed by atoms with Crippen molar-refractivity contribution in [3.05, 3.63) is 33.4 Å². The predicted octanol–water partition coefficient (Wildman–Crippen LogP) is 4.22. The van der Waals surface area contributed by atoms with Gasteiger partial charge >= 0.3 is 0 Å². The second-order valence-electron chi connectivity index (χ2n) is 6.38. The van der Waals surface area contributed by atoms with E-state index in [-0.39, 0.29) is 5.54 Å². The summed E-state index contributed by atoms with van der Waals surface area (Å²) in [5.74, 6) is 0. The number of rotatable bonds is 3. The maximum Gasteiger partial charge on any atom is 0.0443 e.